The zero-order chi connectivity index (χ0) is 23.2. The number of nitrogens with zero attached hydrogens (tertiary/aromatic N) is 2. The SMILES string of the molecule is O=C(CCN1C(=O)C(=CC=Cc2ccccc2)SC1=S)Nc1nc(-c2ccc(Cl)cc2)cs1. The predicted molar refractivity (Wildman–Crippen MR) is 141 cm³/mol. The molecule has 166 valence electrons. The van der Waals surface area contributed by atoms with Gasteiger partial charge < -0.3 is 5.32 Å². The average molecular weight is 512 g/mol. The highest BCUT2D eigenvalue weighted by Crippen LogP contribution is 2.31. The van der Waals surface area contributed by atoms with Crippen molar-refractivity contribution in [3.8, 4) is 11.3 Å². The highest BCUT2D eigenvalue weighted by molar-refractivity contribution is 8.26. The number of carbonyl (C=O) groups excluding carboxylic acids is 2. The first kappa shape index (κ1) is 23.4. The van der Waals surface area contributed by atoms with E-state index in [-0.39, 0.29) is 24.8 Å². The van der Waals surface area contributed by atoms with Gasteiger partial charge in [0.2, 0.25) is 5.91 Å². The molecule has 2 amide bonds. The Hall–Kier alpha value is -2.78. The molecule has 9 heteroatoms. The lowest BCUT2D eigenvalue weighted by atomic mass is 10.2. The third-order valence-electron chi connectivity index (χ3n) is 4.66. The molecule has 1 aliphatic heterocycles. The molecule has 3 aromatic rings. The van der Waals surface area contributed by atoms with Crippen molar-refractivity contribution in [2.75, 3.05) is 11.9 Å². The quantitative estimate of drug-likeness (QED) is 0.300. The van der Waals surface area contributed by atoms with Gasteiger partial charge in [-0.1, -0.05) is 90.2 Å². The molecular weight excluding hydrogens is 494 g/mol. The fourth-order valence-electron chi connectivity index (χ4n) is 3.00. The normalized spacial score (nSPS) is 15.1. The number of halogens is 1. The molecule has 0 spiro atoms. The molecule has 1 aromatic heterocycles. The van der Waals surface area contributed by atoms with Crippen LogP contribution in [0, 0.1) is 0 Å². The second kappa shape index (κ2) is 10.9. The van der Waals surface area contributed by atoms with E-state index in [1.165, 1.54) is 28.0 Å². The van der Waals surface area contributed by atoms with Crippen molar-refractivity contribution >= 4 is 74.3 Å². The summed E-state index contributed by atoms with van der Waals surface area (Å²) in [5.41, 5.74) is 2.72. The van der Waals surface area contributed by atoms with Gasteiger partial charge in [-0.05, 0) is 23.8 Å². The maximum atomic E-state index is 12.7. The number of thiazole rings is 1. The lowest BCUT2D eigenvalue weighted by molar-refractivity contribution is -0.122. The summed E-state index contributed by atoms with van der Waals surface area (Å²) in [6, 6.07) is 17.2. The minimum Gasteiger partial charge on any atom is -0.302 e. The van der Waals surface area contributed by atoms with Gasteiger partial charge in [0.05, 0.1) is 10.6 Å². The Labute approximate surface area is 210 Å². The van der Waals surface area contributed by atoms with Crippen LogP contribution in [-0.2, 0) is 9.59 Å². The van der Waals surface area contributed by atoms with Gasteiger partial charge in [0.25, 0.3) is 5.91 Å². The van der Waals surface area contributed by atoms with E-state index in [4.69, 9.17) is 23.8 Å². The Balaban J connectivity index is 1.30. The van der Waals surface area contributed by atoms with E-state index in [0.717, 1.165) is 16.8 Å². The van der Waals surface area contributed by atoms with Gasteiger partial charge in [-0.25, -0.2) is 4.98 Å². The molecule has 0 aliphatic carbocycles. The number of amides is 2. The van der Waals surface area contributed by atoms with Gasteiger partial charge in [0.1, 0.15) is 4.32 Å². The van der Waals surface area contributed by atoms with E-state index in [2.05, 4.69) is 10.3 Å². The molecule has 1 fully saturated rings. The number of hydrogen-bond acceptors (Lipinski definition) is 6. The number of carbonyl (C=O) groups is 2. The number of aromatic nitrogens is 1. The van der Waals surface area contributed by atoms with E-state index in [9.17, 15) is 9.59 Å². The Kier molecular flexibility index (Phi) is 7.72. The summed E-state index contributed by atoms with van der Waals surface area (Å²) in [6.07, 6.45) is 5.62. The summed E-state index contributed by atoms with van der Waals surface area (Å²) in [6.45, 7) is 0.214. The molecule has 33 heavy (non-hydrogen) atoms. The molecule has 0 radical (unpaired) electrons. The molecular formula is C24H18ClN3O2S3. The van der Waals surface area contributed by atoms with Crippen LogP contribution in [0.1, 0.15) is 12.0 Å². The van der Waals surface area contributed by atoms with Crippen molar-refractivity contribution < 1.29 is 9.59 Å². The monoisotopic (exact) mass is 511 g/mol. The van der Waals surface area contributed by atoms with Gasteiger partial charge in [0.15, 0.2) is 5.13 Å². The molecule has 2 aromatic carbocycles. The maximum Gasteiger partial charge on any atom is 0.266 e. The summed E-state index contributed by atoms with van der Waals surface area (Å²) < 4.78 is 0.450. The predicted octanol–water partition coefficient (Wildman–Crippen LogP) is 6.25. The molecule has 1 saturated heterocycles. The average Bonchev–Trinajstić information content (AvgIpc) is 3.38. The molecule has 0 bridgehead atoms. The van der Waals surface area contributed by atoms with Crippen LogP contribution in [0.5, 0.6) is 0 Å². The first-order valence-corrected chi connectivity index (χ1v) is 12.5. The Bertz CT molecular complexity index is 1240. The third-order valence-corrected chi connectivity index (χ3v) is 7.07. The van der Waals surface area contributed by atoms with Crippen molar-refractivity contribution in [2.24, 2.45) is 0 Å². The Morgan fingerprint density at radius 2 is 1.91 bits per heavy atom. The topological polar surface area (TPSA) is 62.3 Å². The number of allylic oxidation sites excluding steroid dienone is 2. The lowest BCUT2D eigenvalue weighted by Gasteiger charge is -2.13. The van der Waals surface area contributed by atoms with Crippen LogP contribution >= 0.6 is 46.9 Å². The molecule has 0 saturated carbocycles. The number of anilines is 1. The maximum absolute atomic E-state index is 12.7. The Morgan fingerprint density at radius 1 is 1.15 bits per heavy atom. The molecule has 0 atom stereocenters. The molecule has 1 aliphatic rings. The highest BCUT2D eigenvalue weighted by Gasteiger charge is 2.31. The van der Waals surface area contributed by atoms with Crippen LogP contribution < -0.4 is 5.32 Å². The molecule has 2 heterocycles. The number of rotatable bonds is 7. The molecule has 4 rings (SSSR count). The first-order chi connectivity index (χ1) is 16.0. The van der Waals surface area contributed by atoms with Crippen molar-refractivity contribution in [1.29, 1.82) is 0 Å². The van der Waals surface area contributed by atoms with Crippen LogP contribution in [0.25, 0.3) is 17.3 Å². The summed E-state index contributed by atoms with van der Waals surface area (Å²) in [5, 5.41) is 5.81. The van der Waals surface area contributed by atoms with Gasteiger partial charge in [-0.3, -0.25) is 14.5 Å². The van der Waals surface area contributed by atoms with Gasteiger partial charge >= 0.3 is 0 Å². The highest BCUT2D eigenvalue weighted by atomic mass is 35.5. The fourth-order valence-corrected chi connectivity index (χ4v) is 5.12. The lowest BCUT2D eigenvalue weighted by Crippen LogP contribution is -2.31. The zero-order valence-electron chi connectivity index (χ0n) is 17.2. The van der Waals surface area contributed by atoms with E-state index in [1.807, 2.05) is 60.0 Å². The Morgan fingerprint density at radius 3 is 2.67 bits per heavy atom. The standard InChI is InChI=1S/C24H18ClN3O2S3/c25-18-11-9-17(10-12-18)19-15-32-23(26-19)27-21(29)13-14-28-22(30)20(33-24(28)31)8-4-7-16-5-2-1-3-6-16/h1-12,15H,13-14H2,(H,26,27,29). The molecule has 1 N–H and O–H groups in total. The van der Waals surface area contributed by atoms with Crippen LogP contribution in [0.3, 0.4) is 0 Å². The minimum atomic E-state index is -0.228. The number of benzene rings is 2. The van der Waals surface area contributed by atoms with Crippen LogP contribution in [-0.4, -0.2) is 32.6 Å². The van der Waals surface area contributed by atoms with Crippen molar-refractivity contribution in [3.05, 3.63) is 87.6 Å². The largest absolute Gasteiger partial charge is 0.302 e. The van der Waals surface area contributed by atoms with Gasteiger partial charge in [-0.2, -0.15) is 0 Å². The number of thiocarbonyl (C=S) groups is 1. The zero-order valence-corrected chi connectivity index (χ0v) is 20.4. The van der Waals surface area contributed by atoms with E-state index in [1.54, 1.807) is 18.2 Å². The van der Waals surface area contributed by atoms with Crippen LogP contribution in [0.15, 0.2) is 77.0 Å². The van der Waals surface area contributed by atoms with Crippen molar-refractivity contribution in [1.82, 2.24) is 9.88 Å². The first-order valence-electron chi connectivity index (χ1n) is 9.98. The fraction of sp³-hybridized carbons (Fsp3) is 0.0833. The summed E-state index contributed by atoms with van der Waals surface area (Å²) in [7, 11) is 0. The second-order valence-corrected chi connectivity index (χ2v) is 9.94. The van der Waals surface area contributed by atoms with E-state index < -0.39 is 0 Å². The van der Waals surface area contributed by atoms with E-state index >= 15 is 0 Å². The van der Waals surface area contributed by atoms with Gasteiger partial charge in [0, 0.05) is 28.9 Å². The number of hydrogen-bond donors (Lipinski definition) is 1. The molecule has 0 unspecified atom stereocenters. The second-order valence-electron chi connectivity index (χ2n) is 6.97. The summed E-state index contributed by atoms with van der Waals surface area (Å²) >= 11 is 13.8. The van der Waals surface area contributed by atoms with Crippen LogP contribution in [0.2, 0.25) is 5.02 Å². The smallest absolute Gasteiger partial charge is 0.266 e. The number of thioether (sulfide) groups is 1. The van der Waals surface area contributed by atoms with Gasteiger partial charge in [-0.15, -0.1) is 11.3 Å². The summed E-state index contributed by atoms with van der Waals surface area (Å²) in [5.74, 6) is -0.413. The third kappa shape index (κ3) is 6.17. The van der Waals surface area contributed by atoms with E-state index in [0.29, 0.717) is 19.4 Å². The minimum absolute atomic E-state index is 0.120. The summed E-state index contributed by atoms with van der Waals surface area (Å²) in [4.78, 5) is 31.5. The van der Waals surface area contributed by atoms with Crippen LogP contribution in [0.4, 0.5) is 5.13 Å². The number of nitrogens with one attached hydrogen (secondary N) is 1. The molecule has 5 nitrogen and oxygen atoms in total. The van der Waals surface area contributed by atoms with Crippen molar-refractivity contribution in [3.63, 3.8) is 0 Å². The van der Waals surface area contributed by atoms with Crippen molar-refractivity contribution in [2.45, 2.75) is 6.42 Å².